The molecule has 0 saturated heterocycles. The molecule has 1 aromatic carbocycles. The topological polar surface area (TPSA) is 51.8 Å². The molecule has 0 aliphatic carbocycles. The molecule has 2 rings (SSSR count). The number of hydrogen-bond donors (Lipinski definition) is 1. The molecule has 0 radical (unpaired) electrons. The highest BCUT2D eigenvalue weighted by Gasteiger charge is 2.03. The van der Waals surface area contributed by atoms with E-state index < -0.39 is 0 Å². The maximum absolute atomic E-state index is 12.9. The Kier molecular flexibility index (Phi) is 2.37. The van der Waals surface area contributed by atoms with E-state index in [0.717, 1.165) is 11.1 Å². The van der Waals surface area contributed by atoms with Crippen LogP contribution in [0.25, 0.3) is 10.9 Å². The van der Waals surface area contributed by atoms with Gasteiger partial charge in [-0.1, -0.05) is 0 Å². The highest BCUT2D eigenvalue weighted by atomic mass is 19.1. The zero-order valence-corrected chi connectivity index (χ0v) is 7.57. The lowest BCUT2D eigenvalue weighted by Crippen LogP contribution is -2.05. The molecule has 0 fully saturated rings. The lowest BCUT2D eigenvalue weighted by atomic mass is 10.1. The molecule has 72 valence electrons. The van der Waals surface area contributed by atoms with Crippen LogP contribution in [0.4, 0.5) is 4.39 Å². The SMILES string of the molecule is NCCc1ncnc2cc(F)ccc12. The Hall–Kier alpha value is -1.55. The first-order chi connectivity index (χ1) is 6.81. The maximum atomic E-state index is 12.9. The number of hydrogen-bond acceptors (Lipinski definition) is 3. The van der Waals surface area contributed by atoms with E-state index in [1.165, 1.54) is 18.5 Å². The standard InChI is InChI=1S/C10H10FN3/c11-7-1-2-8-9(3-4-12)13-6-14-10(8)5-7/h1-2,5-6H,3-4,12H2. The zero-order chi connectivity index (χ0) is 9.97. The molecule has 0 atom stereocenters. The molecular formula is C10H10FN3. The fourth-order valence-corrected chi connectivity index (χ4v) is 1.42. The monoisotopic (exact) mass is 191 g/mol. The summed E-state index contributed by atoms with van der Waals surface area (Å²) < 4.78 is 12.9. The summed E-state index contributed by atoms with van der Waals surface area (Å²) in [7, 11) is 0. The number of halogens is 1. The number of nitrogens with zero attached hydrogens (tertiary/aromatic N) is 2. The second-order valence-electron chi connectivity index (χ2n) is 3.02. The summed E-state index contributed by atoms with van der Waals surface area (Å²) in [5.41, 5.74) is 6.95. The maximum Gasteiger partial charge on any atom is 0.125 e. The van der Waals surface area contributed by atoms with Crippen molar-refractivity contribution >= 4 is 10.9 Å². The molecule has 0 spiro atoms. The van der Waals surface area contributed by atoms with Crippen LogP contribution in [0.2, 0.25) is 0 Å². The number of nitrogens with two attached hydrogens (primary N) is 1. The van der Waals surface area contributed by atoms with Crippen LogP contribution in [-0.2, 0) is 6.42 Å². The van der Waals surface area contributed by atoms with E-state index in [1.54, 1.807) is 6.07 Å². The first-order valence-corrected chi connectivity index (χ1v) is 4.40. The molecule has 2 aromatic rings. The van der Waals surface area contributed by atoms with Gasteiger partial charge in [0.15, 0.2) is 0 Å². The summed E-state index contributed by atoms with van der Waals surface area (Å²) in [4.78, 5) is 8.11. The minimum Gasteiger partial charge on any atom is -0.330 e. The Balaban J connectivity index is 2.62. The van der Waals surface area contributed by atoms with Crippen LogP contribution in [-0.4, -0.2) is 16.5 Å². The van der Waals surface area contributed by atoms with E-state index >= 15 is 0 Å². The summed E-state index contributed by atoms with van der Waals surface area (Å²) in [6.07, 6.45) is 2.12. The van der Waals surface area contributed by atoms with Gasteiger partial charge in [-0.05, 0) is 18.7 Å². The van der Waals surface area contributed by atoms with Crippen LogP contribution in [0.15, 0.2) is 24.5 Å². The molecule has 0 aliphatic rings. The Morgan fingerprint density at radius 3 is 2.93 bits per heavy atom. The van der Waals surface area contributed by atoms with Crippen molar-refractivity contribution < 1.29 is 4.39 Å². The minimum atomic E-state index is -0.283. The van der Waals surface area contributed by atoms with Crippen molar-refractivity contribution in [2.45, 2.75) is 6.42 Å². The van der Waals surface area contributed by atoms with Crippen molar-refractivity contribution in [2.75, 3.05) is 6.54 Å². The summed E-state index contributed by atoms with van der Waals surface area (Å²) >= 11 is 0. The van der Waals surface area contributed by atoms with Crippen molar-refractivity contribution in [3.05, 3.63) is 36.0 Å². The fourth-order valence-electron chi connectivity index (χ4n) is 1.42. The first kappa shape index (κ1) is 9.02. The average molecular weight is 191 g/mol. The molecule has 3 nitrogen and oxygen atoms in total. The van der Waals surface area contributed by atoms with Crippen molar-refractivity contribution in [1.29, 1.82) is 0 Å². The third-order valence-electron chi connectivity index (χ3n) is 2.06. The summed E-state index contributed by atoms with van der Waals surface area (Å²) in [5, 5.41) is 0.874. The van der Waals surface area contributed by atoms with Gasteiger partial charge >= 0.3 is 0 Å². The Morgan fingerprint density at radius 1 is 1.29 bits per heavy atom. The van der Waals surface area contributed by atoms with E-state index in [9.17, 15) is 4.39 Å². The molecule has 0 amide bonds. The van der Waals surface area contributed by atoms with Crippen molar-refractivity contribution in [2.24, 2.45) is 5.73 Å². The van der Waals surface area contributed by atoms with Crippen molar-refractivity contribution in [3.8, 4) is 0 Å². The van der Waals surface area contributed by atoms with E-state index in [2.05, 4.69) is 9.97 Å². The lowest BCUT2D eigenvalue weighted by Gasteiger charge is -2.02. The van der Waals surface area contributed by atoms with Crippen LogP contribution in [0.5, 0.6) is 0 Å². The summed E-state index contributed by atoms with van der Waals surface area (Å²) in [5.74, 6) is -0.283. The number of aromatic nitrogens is 2. The third-order valence-corrected chi connectivity index (χ3v) is 2.06. The molecule has 0 saturated carbocycles. The van der Waals surface area contributed by atoms with E-state index in [0.29, 0.717) is 18.5 Å². The highest BCUT2D eigenvalue weighted by Crippen LogP contribution is 2.15. The van der Waals surface area contributed by atoms with Crippen LogP contribution >= 0.6 is 0 Å². The van der Waals surface area contributed by atoms with Crippen LogP contribution in [0, 0.1) is 5.82 Å². The number of fused-ring (bicyclic) bond motifs is 1. The molecule has 1 heterocycles. The molecule has 4 heteroatoms. The van der Waals surface area contributed by atoms with Gasteiger partial charge in [0, 0.05) is 17.9 Å². The second-order valence-corrected chi connectivity index (χ2v) is 3.02. The predicted molar refractivity (Wildman–Crippen MR) is 52.3 cm³/mol. The van der Waals surface area contributed by atoms with Gasteiger partial charge in [0.2, 0.25) is 0 Å². The van der Waals surface area contributed by atoms with Crippen LogP contribution in [0.1, 0.15) is 5.69 Å². The molecule has 0 unspecified atom stereocenters. The molecule has 2 N–H and O–H groups in total. The van der Waals surface area contributed by atoms with Gasteiger partial charge < -0.3 is 5.73 Å². The lowest BCUT2D eigenvalue weighted by molar-refractivity contribution is 0.629. The number of benzene rings is 1. The first-order valence-electron chi connectivity index (χ1n) is 4.40. The smallest absolute Gasteiger partial charge is 0.125 e. The van der Waals surface area contributed by atoms with Gasteiger partial charge in [-0.2, -0.15) is 0 Å². The van der Waals surface area contributed by atoms with Crippen molar-refractivity contribution in [1.82, 2.24) is 9.97 Å². The van der Waals surface area contributed by atoms with Gasteiger partial charge in [0.1, 0.15) is 12.1 Å². The Morgan fingerprint density at radius 2 is 2.14 bits per heavy atom. The molecule has 0 aliphatic heterocycles. The van der Waals surface area contributed by atoms with E-state index in [1.807, 2.05) is 0 Å². The third kappa shape index (κ3) is 1.56. The average Bonchev–Trinajstić information content (AvgIpc) is 2.18. The Bertz CT molecular complexity index is 456. The van der Waals surface area contributed by atoms with Gasteiger partial charge in [-0.3, -0.25) is 0 Å². The van der Waals surface area contributed by atoms with Gasteiger partial charge in [-0.15, -0.1) is 0 Å². The Labute approximate surface area is 80.8 Å². The minimum absolute atomic E-state index is 0.283. The number of rotatable bonds is 2. The molecule has 14 heavy (non-hydrogen) atoms. The van der Waals surface area contributed by atoms with Gasteiger partial charge in [-0.25, -0.2) is 14.4 Å². The van der Waals surface area contributed by atoms with Gasteiger partial charge in [0.25, 0.3) is 0 Å². The quantitative estimate of drug-likeness (QED) is 0.777. The molecule has 1 aromatic heterocycles. The van der Waals surface area contributed by atoms with Crippen LogP contribution in [0.3, 0.4) is 0 Å². The van der Waals surface area contributed by atoms with E-state index in [4.69, 9.17) is 5.73 Å². The summed E-state index contributed by atoms with van der Waals surface area (Å²) in [6, 6.07) is 4.50. The van der Waals surface area contributed by atoms with Gasteiger partial charge in [0.05, 0.1) is 11.2 Å². The molecular weight excluding hydrogens is 181 g/mol. The highest BCUT2D eigenvalue weighted by molar-refractivity contribution is 5.80. The predicted octanol–water partition coefficient (Wildman–Crippen LogP) is 1.27. The van der Waals surface area contributed by atoms with Crippen LogP contribution < -0.4 is 5.73 Å². The fraction of sp³-hybridized carbons (Fsp3) is 0.200. The zero-order valence-electron chi connectivity index (χ0n) is 7.57. The van der Waals surface area contributed by atoms with Crippen molar-refractivity contribution in [3.63, 3.8) is 0 Å². The molecule has 0 bridgehead atoms. The van der Waals surface area contributed by atoms with E-state index in [-0.39, 0.29) is 5.82 Å². The summed E-state index contributed by atoms with van der Waals surface area (Å²) in [6.45, 7) is 0.531. The largest absolute Gasteiger partial charge is 0.330 e. The normalized spacial score (nSPS) is 10.7. The second kappa shape index (κ2) is 3.67.